The molecule has 0 unspecified atom stereocenters. The number of hydrogen-bond donors (Lipinski definition) is 0. The van der Waals surface area contributed by atoms with Crippen LogP contribution in [0.25, 0.3) is 10.2 Å². The zero-order valence-electron chi connectivity index (χ0n) is 9.04. The maximum Gasteiger partial charge on any atom is 0.140 e. The number of benzene rings is 1. The van der Waals surface area contributed by atoms with E-state index in [1.54, 1.807) is 23.7 Å². The lowest BCUT2D eigenvalue weighted by atomic mass is 10.3. The van der Waals surface area contributed by atoms with E-state index in [0.717, 1.165) is 16.3 Å². The third-order valence-corrected chi connectivity index (χ3v) is 3.34. The van der Waals surface area contributed by atoms with Crippen LogP contribution in [-0.2, 0) is 6.61 Å². The first kappa shape index (κ1) is 10.2. The van der Waals surface area contributed by atoms with Crippen molar-refractivity contribution in [3.8, 4) is 5.75 Å². The monoisotopic (exact) mass is 242 g/mol. The Hall–Kier alpha value is -1.94. The third kappa shape index (κ3) is 2.26. The second kappa shape index (κ2) is 4.51. The van der Waals surface area contributed by atoms with Gasteiger partial charge in [0.25, 0.3) is 0 Å². The maximum atomic E-state index is 5.61. The molecule has 0 fully saturated rings. The van der Waals surface area contributed by atoms with E-state index in [2.05, 4.69) is 16.0 Å². The van der Waals surface area contributed by atoms with Gasteiger partial charge in [-0.1, -0.05) is 12.1 Å². The minimum Gasteiger partial charge on any atom is -0.485 e. The molecule has 4 heteroatoms. The van der Waals surface area contributed by atoms with E-state index in [9.17, 15) is 0 Å². The molecule has 0 N–H and O–H groups in total. The zero-order valence-corrected chi connectivity index (χ0v) is 9.85. The van der Waals surface area contributed by atoms with E-state index in [1.807, 2.05) is 30.3 Å². The lowest BCUT2D eigenvalue weighted by molar-refractivity contribution is 0.304. The number of para-hydroxylation sites is 1. The Kier molecular flexibility index (Phi) is 2.71. The van der Waals surface area contributed by atoms with Crippen LogP contribution in [0.1, 0.15) is 5.01 Å². The van der Waals surface area contributed by atoms with Crippen LogP contribution in [0.5, 0.6) is 5.75 Å². The molecular weight excluding hydrogens is 232 g/mol. The normalized spacial score (nSPS) is 10.6. The van der Waals surface area contributed by atoms with E-state index >= 15 is 0 Å². The highest BCUT2D eigenvalue weighted by atomic mass is 32.1. The van der Waals surface area contributed by atoms with Crippen LogP contribution in [0.3, 0.4) is 0 Å². The van der Waals surface area contributed by atoms with Crippen molar-refractivity contribution < 1.29 is 4.74 Å². The Labute approximate surface area is 103 Å². The zero-order chi connectivity index (χ0) is 11.5. The van der Waals surface area contributed by atoms with Gasteiger partial charge in [-0.05, 0) is 24.3 Å². The first-order chi connectivity index (χ1) is 8.42. The molecule has 17 heavy (non-hydrogen) atoms. The Morgan fingerprint density at radius 3 is 2.88 bits per heavy atom. The molecule has 0 saturated heterocycles. The number of ether oxygens (including phenoxy) is 1. The summed E-state index contributed by atoms with van der Waals surface area (Å²) < 4.78 is 6.80. The van der Waals surface area contributed by atoms with Gasteiger partial charge < -0.3 is 4.74 Å². The summed E-state index contributed by atoms with van der Waals surface area (Å²) in [6.07, 6.45) is 3.43. The summed E-state index contributed by atoms with van der Waals surface area (Å²) in [6, 6.07) is 11.8. The largest absolute Gasteiger partial charge is 0.485 e. The van der Waals surface area contributed by atoms with Crippen LogP contribution < -0.4 is 4.74 Å². The van der Waals surface area contributed by atoms with Crippen molar-refractivity contribution in [2.75, 3.05) is 0 Å². The minimum atomic E-state index is 0.491. The van der Waals surface area contributed by atoms with E-state index in [1.165, 1.54) is 4.70 Å². The number of hydrogen-bond acceptors (Lipinski definition) is 4. The highest BCUT2D eigenvalue weighted by molar-refractivity contribution is 7.18. The molecule has 1 aromatic carbocycles. The van der Waals surface area contributed by atoms with Gasteiger partial charge in [0.15, 0.2) is 0 Å². The number of aromatic nitrogens is 2. The number of rotatable bonds is 3. The summed E-state index contributed by atoms with van der Waals surface area (Å²) in [5, 5.41) is 0.982. The van der Waals surface area contributed by atoms with E-state index in [4.69, 9.17) is 4.74 Å². The summed E-state index contributed by atoms with van der Waals surface area (Å²) in [6.45, 7) is 0.491. The van der Waals surface area contributed by atoms with Gasteiger partial charge in [-0.25, -0.2) is 4.98 Å². The quantitative estimate of drug-likeness (QED) is 0.707. The molecule has 0 aliphatic carbocycles. The van der Waals surface area contributed by atoms with Crippen LogP contribution in [0, 0.1) is 0 Å². The van der Waals surface area contributed by atoms with Crippen LogP contribution >= 0.6 is 11.3 Å². The van der Waals surface area contributed by atoms with Crippen LogP contribution in [0.2, 0.25) is 0 Å². The molecule has 0 radical (unpaired) electrons. The molecule has 0 spiro atoms. The van der Waals surface area contributed by atoms with E-state index < -0.39 is 0 Å². The molecule has 0 bridgehead atoms. The molecule has 0 atom stereocenters. The Morgan fingerprint density at radius 1 is 1.12 bits per heavy atom. The molecule has 0 aliphatic heterocycles. The maximum absolute atomic E-state index is 5.61. The topological polar surface area (TPSA) is 35.0 Å². The lowest BCUT2D eigenvalue weighted by Gasteiger charge is -2.01. The molecule has 0 aliphatic rings. The van der Waals surface area contributed by atoms with Crippen molar-refractivity contribution in [2.45, 2.75) is 6.61 Å². The fourth-order valence-corrected chi connectivity index (χ4v) is 2.44. The molecule has 2 heterocycles. The molecule has 3 aromatic rings. The average Bonchev–Trinajstić information content (AvgIpc) is 2.80. The highest BCUT2D eigenvalue weighted by Gasteiger charge is 2.03. The predicted octanol–water partition coefficient (Wildman–Crippen LogP) is 3.27. The van der Waals surface area contributed by atoms with Crippen LogP contribution in [0.15, 0.2) is 48.8 Å². The first-order valence-electron chi connectivity index (χ1n) is 5.29. The van der Waals surface area contributed by atoms with E-state index in [-0.39, 0.29) is 0 Å². The molecule has 3 rings (SSSR count). The Bertz CT molecular complexity index is 588. The van der Waals surface area contributed by atoms with E-state index in [0.29, 0.717) is 6.61 Å². The molecule has 0 saturated carbocycles. The fourth-order valence-electron chi connectivity index (χ4n) is 1.56. The summed E-state index contributed by atoms with van der Waals surface area (Å²) in [5.41, 5.74) is 1.03. The van der Waals surface area contributed by atoms with Crippen molar-refractivity contribution in [1.82, 2.24) is 9.97 Å². The van der Waals surface area contributed by atoms with Crippen molar-refractivity contribution in [3.63, 3.8) is 0 Å². The van der Waals surface area contributed by atoms with Crippen LogP contribution in [0.4, 0.5) is 0 Å². The third-order valence-electron chi connectivity index (χ3n) is 2.33. The summed E-state index contributed by atoms with van der Waals surface area (Å²) in [4.78, 5) is 8.50. The molecular formula is C13H10N2OS. The van der Waals surface area contributed by atoms with Gasteiger partial charge >= 0.3 is 0 Å². The molecule has 2 aromatic heterocycles. The van der Waals surface area contributed by atoms with Crippen molar-refractivity contribution in [2.24, 2.45) is 0 Å². The molecule has 3 nitrogen and oxygen atoms in total. The predicted molar refractivity (Wildman–Crippen MR) is 68.2 cm³/mol. The second-order valence-corrected chi connectivity index (χ2v) is 4.67. The van der Waals surface area contributed by atoms with Gasteiger partial charge in [-0.15, -0.1) is 11.3 Å². The highest BCUT2D eigenvalue weighted by Crippen LogP contribution is 2.22. The fraction of sp³-hybridized carbons (Fsp3) is 0.0769. The van der Waals surface area contributed by atoms with Gasteiger partial charge in [0.05, 0.1) is 16.4 Å². The molecule has 84 valence electrons. The number of thiazole rings is 1. The summed E-state index contributed by atoms with van der Waals surface area (Å²) in [7, 11) is 0. The van der Waals surface area contributed by atoms with Gasteiger partial charge in [0, 0.05) is 6.20 Å². The second-order valence-electron chi connectivity index (χ2n) is 3.55. The SMILES string of the molecule is c1cncc(OCc2nc3ccccc3s2)c1. The summed E-state index contributed by atoms with van der Waals surface area (Å²) in [5.74, 6) is 0.770. The lowest BCUT2D eigenvalue weighted by Crippen LogP contribution is -1.94. The number of nitrogens with zero attached hydrogens (tertiary/aromatic N) is 2. The Balaban J connectivity index is 1.77. The Morgan fingerprint density at radius 2 is 2.06 bits per heavy atom. The first-order valence-corrected chi connectivity index (χ1v) is 6.11. The minimum absolute atomic E-state index is 0.491. The molecule has 0 amide bonds. The van der Waals surface area contributed by atoms with Crippen molar-refractivity contribution in [3.05, 3.63) is 53.8 Å². The summed E-state index contributed by atoms with van der Waals surface area (Å²) >= 11 is 1.66. The van der Waals surface area contributed by atoms with Gasteiger partial charge in [-0.3, -0.25) is 4.98 Å². The van der Waals surface area contributed by atoms with Gasteiger partial charge in [0.1, 0.15) is 17.4 Å². The van der Waals surface area contributed by atoms with Crippen molar-refractivity contribution in [1.29, 1.82) is 0 Å². The number of pyridine rings is 1. The van der Waals surface area contributed by atoms with Crippen molar-refractivity contribution >= 4 is 21.6 Å². The number of fused-ring (bicyclic) bond motifs is 1. The average molecular weight is 242 g/mol. The van der Waals surface area contributed by atoms with Gasteiger partial charge in [-0.2, -0.15) is 0 Å². The standard InChI is InChI=1S/C13H10N2OS/c1-2-6-12-11(5-1)15-13(17-12)9-16-10-4-3-7-14-8-10/h1-8H,9H2. The smallest absolute Gasteiger partial charge is 0.140 e. The van der Waals surface area contributed by atoms with Gasteiger partial charge in [0.2, 0.25) is 0 Å². The van der Waals surface area contributed by atoms with Crippen LogP contribution in [-0.4, -0.2) is 9.97 Å².